The van der Waals surface area contributed by atoms with Crippen LogP contribution in [0.1, 0.15) is 37.5 Å². The second-order valence-corrected chi connectivity index (χ2v) is 12.5. The average Bonchev–Trinajstić information content (AvgIpc) is 2.91. The highest BCUT2D eigenvalue weighted by Gasteiger charge is 2.28. The van der Waals surface area contributed by atoms with E-state index in [9.17, 15) is 18.3 Å². The molecule has 0 bridgehead atoms. The van der Waals surface area contributed by atoms with Gasteiger partial charge in [-0.2, -0.15) is 0 Å². The molecule has 0 radical (unpaired) electrons. The van der Waals surface area contributed by atoms with Gasteiger partial charge in [-0.3, -0.25) is 9.10 Å². The molecule has 3 N–H and O–H groups in total. The maximum atomic E-state index is 13.7. The number of hydrogen-bond donors (Lipinski definition) is 3. The minimum Gasteiger partial charge on any atom is -0.505 e. The van der Waals surface area contributed by atoms with E-state index >= 15 is 0 Å². The zero-order valence-electron chi connectivity index (χ0n) is 24.2. The second kappa shape index (κ2) is 13.6. The van der Waals surface area contributed by atoms with Gasteiger partial charge in [0.05, 0.1) is 24.2 Å². The highest BCUT2D eigenvalue weighted by Crippen LogP contribution is 2.36. The lowest BCUT2D eigenvalue weighted by atomic mass is 9.99. The summed E-state index contributed by atoms with van der Waals surface area (Å²) in [5.74, 6) is 0.377. The number of carbonyl (C=O) groups is 1. The van der Waals surface area contributed by atoms with Gasteiger partial charge in [0.1, 0.15) is 11.5 Å². The number of anilines is 2. The zero-order valence-corrected chi connectivity index (χ0v) is 25.0. The molecule has 0 unspecified atom stereocenters. The molecule has 40 heavy (non-hydrogen) atoms. The summed E-state index contributed by atoms with van der Waals surface area (Å²) in [7, 11) is -2.42. The molecule has 3 aromatic carbocycles. The molecule has 1 atom stereocenters. The van der Waals surface area contributed by atoms with Crippen LogP contribution in [0.5, 0.6) is 11.5 Å². The van der Waals surface area contributed by atoms with E-state index in [1.807, 2.05) is 52.8 Å². The SMILES string of the molecule is COc1ccc(S(=O)(=O)N(CC(C)C)c2cccc(C[C@@H](C)CNC(=O)CNc3c(C)cccc3C)c2O)cc1. The number of phenols is 1. The van der Waals surface area contributed by atoms with Crippen LogP contribution in [-0.2, 0) is 21.2 Å². The van der Waals surface area contributed by atoms with E-state index < -0.39 is 10.0 Å². The van der Waals surface area contributed by atoms with Gasteiger partial charge in [-0.25, -0.2) is 8.42 Å². The van der Waals surface area contributed by atoms with E-state index in [1.54, 1.807) is 30.3 Å². The molecular formula is C31H41N3O5S. The van der Waals surface area contributed by atoms with Gasteiger partial charge in [0, 0.05) is 18.8 Å². The number of rotatable bonds is 13. The zero-order chi connectivity index (χ0) is 29.4. The van der Waals surface area contributed by atoms with Crippen LogP contribution in [0.3, 0.4) is 0 Å². The van der Waals surface area contributed by atoms with Gasteiger partial charge in [0.15, 0.2) is 0 Å². The van der Waals surface area contributed by atoms with E-state index in [-0.39, 0.29) is 47.2 Å². The molecule has 8 nitrogen and oxygen atoms in total. The maximum Gasteiger partial charge on any atom is 0.264 e. The molecule has 0 saturated carbocycles. The van der Waals surface area contributed by atoms with E-state index in [2.05, 4.69) is 10.6 Å². The fraction of sp³-hybridized carbons (Fsp3) is 0.387. The minimum atomic E-state index is -3.95. The van der Waals surface area contributed by atoms with E-state index in [0.717, 1.165) is 16.8 Å². The lowest BCUT2D eigenvalue weighted by molar-refractivity contribution is -0.119. The number of methoxy groups -OCH3 is 1. The van der Waals surface area contributed by atoms with Crippen LogP contribution in [0.2, 0.25) is 0 Å². The Balaban J connectivity index is 1.71. The molecular weight excluding hydrogens is 526 g/mol. The van der Waals surface area contributed by atoms with Crippen molar-refractivity contribution in [1.82, 2.24) is 5.32 Å². The number of sulfonamides is 1. The van der Waals surface area contributed by atoms with Gasteiger partial charge in [0.25, 0.3) is 10.0 Å². The van der Waals surface area contributed by atoms with Crippen LogP contribution in [0.15, 0.2) is 65.6 Å². The van der Waals surface area contributed by atoms with Crippen molar-refractivity contribution < 1.29 is 23.1 Å². The van der Waals surface area contributed by atoms with Crippen molar-refractivity contribution in [3.8, 4) is 11.5 Å². The van der Waals surface area contributed by atoms with Crippen molar-refractivity contribution in [1.29, 1.82) is 0 Å². The highest BCUT2D eigenvalue weighted by atomic mass is 32.2. The summed E-state index contributed by atoms with van der Waals surface area (Å²) in [5.41, 5.74) is 3.97. The number of ether oxygens (including phenoxy) is 1. The Morgan fingerprint density at radius 3 is 2.20 bits per heavy atom. The molecule has 0 aliphatic rings. The van der Waals surface area contributed by atoms with Crippen LogP contribution in [-0.4, -0.2) is 46.2 Å². The molecule has 0 saturated heterocycles. The lowest BCUT2D eigenvalue weighted by Crippen LogP contribution is -2.35. The molecule has 0 fully saturated rings. The van der Waals surface area contributed by atoms with Crippen molar-refractivity contribution in [2.75, 3.05) is 36.4 Å². The fourth-order valence-electron chi connectivity index (χ4n) is 4.54. The summed E-state index contributed by atoms with van der Waals surface area (Å²) in [5, 5.41) is 17.4. The standard InChI is InChI=1S/C31H41N3O5S/c1-21(2)20-34(40(37,38)27-15-13-26(39-6)14-16-27)28-12-8-11-25(31(28)36)17-22(3)18-32-29(35)19-33-30-23(4)9-7-10-24(30)5/h7-16,21-22,33,36H,17-20H2,1-6H3,(H,32,35)/t22-/m1/s1. The Labute approximate surface area is 238 Å². The average molecular weight is 568 g/mol. The van der Waals surface area contributed by atoms with Crippen molar-refractivity contribution in [2.45, 2.75) is 45.9 Å². The molecule has 0 heterocycles. The molecule has 9 heteroatoms. The highest BCUT2D eigenvalue weighted by molar-refractivity contribution is 7.92. The molecule has 3 rings (SSSR count). The number of nitrogens with one attached hydrogen (secondary N) is 2. The number of carbonyl (C=O) groups excluding carboxylic acids is 1. The quantitative estimate of drug-likeness (QED) is 0.260. The molecule has 0 aliphatic carbocycles. The Bertz CT molecular complexity index is 1380. The minimum absolute atomic E-state index is 0.00189. The lowest BCUT2D eigenvalue weighted by Gasteiger charge is -2.28. The Morgan fingerprint density at radius 1 is 0.975 bits per heavy atom. The number of phenolic OH excluding ortho intramolecular Hbond substituents is 1. The maximum absolute atomic E-state index is 13.7. The number of para-hydroxylation sites is 2. The Kier molecular flexibility index (Phi) is 10.5. The monoisotopic (exact) mass is 567 g/mol. The third-order valence-electron chi connectivity index (χ3n) is 6.67. The normalized spacial score (nSPS) is 12.2. The number of aromatic hydroxyl groups is 1. The van der Waals surface area contributed by atoms with Gasteiger partial charge in [-0.05, 0) is 79.1 Å². The Hall–Kier alpha value is -3.72. The summed E-state index contributed by atoms with van der Waals surface area (Å²) in [6, 6.07) is 17.3. The molecule has 1 amide bonds. The predicted molar refractivity (Wildman–Crippen MR) is 161 cm³/mol. The molecule has 3 aromatic rings. The molecule has 0 aliphatic heterocycles. The number of benzene rings is 3. The van der Waals surface area contributed by atoms with E-state index in [0.29, 0.717) is 24.3 Å². The van der Waals surface area contributed by atoms with Crippen LogP contribution < -0.4 is 19.7 Å². The van der Waals surface area contributed by atoms with Crippen molar-refractivity contribution >= 4 is 27.3 Å². The van der Waals surface area contributed by atoms with Crippen LogP contribution in [0.4, 0.5) is 11.4 Å². The first-order chi connectivity index (χ1) is 18.9. The number of aryl methyl sites for hydroxylation is 2. The summed E-state index contributed by atoms with van der Waals surface area (Å²) < 4.78 is 33.7. The largest absolute Gasteiger partial charge is 0.505 e. The first kappa shape index (κ1) is 30.8. The van der Waals surface area contributed by atoms with E-state index in [1.165, 1.54) is 23.5 Å². The third-order valence-corrected chi connectivity index (χ3v) is 8.46. The van der Waals surface area contributed by atoms with Gasteiger partial charge >= 0.3 is 0 Å². The Morgan fingerprint density at radius 2 is 1.60 bits per heavy atom. The van der Waals surface area contributed by atoms with Gasteiger partial charge in [0.2, 0.25) is 5.91 Å². The second-order valence-electron chi connectivity index (χ2n) is 10.6. The summed E-state index contributed by atoms with van der Waals surface area (Å²) in [6.45, 7) is 10.6. The van der Waals surface area contributed by atoms with E-state index in [4.69, 9.17) is 4.74 Å². The molecule has 216 valence electrons. The predicted octanol–water partition coefficient (Wildman–Crippen LogP) is 5.28. The van der Waals surface area contributed by atoms with Crippen molar-refractivity contribution in [3.05, 3.63) is 77.4 Å². The van der Waals surface area contributed by atoms with Gasteiger partial charge in [-0.1, -0.05) is 51.1 Å². The van der Waals surface area contributed by atoms with Crippen molar-refractivity contribution in [2.24, 2.45) is 11.8 Å². The smallest absolute Gasteiger partial charge is 0.264 e. The molecule has 0 spiro atoms. The molecule has 0 aromatic heterocycles. The van der Waals surface area contributed by atoms with Crippen LogP contribution in [0, 0.1) is 25.7 Å². The van der Waals surface area contributed by atoms with Gasteiger partial charge in [-0.15, -0.1) is 0 Å². The van der Waals surface area contributed by atoms with Crippen LogP contribution in [0.25, 0.3) is 0 Å². The van der Waals surface area contributed by atoms with Crippen LogP contribution >= 0.6 is 0 Å². The van der Waals surface area contributed by atoms with Crippen molar-refractivity contribution in [3.63, 3.8) is 0 Å². The number of amides is 1. The first-order valence-electron chi connectivity index (χ1n) is 13.5. The van der Waals surface area contributed by atoms with Gasteiger partial charge < -0.3 is 20.5 Å². The summed E-state index contributed by atoms with van der Waals surface area (Å²) >= 11 is 0. The summed E-state index contributed by atoms with van der Waals surface area (Å²) in [6.07, 6.45) is 0.461. The number of hydrogen-bond acceptors (Lipinski definition) is 6. The topological polar surface area (TPSA) is 108 Å². The fourth-order valence-corrected chi connectivity index (χ4v) is 6.17. The first-order valence-corrected chi connectivity index (χ1v) is 14.9. The third kappa shape index (κ3) is 7.69. The number of nitrogens with zero attached hydrogens (tertiary/aromatic N) is 1. The summed E-state index contributed by atoms with van der Waals surface area (Å²) in [4.78, 5) is 12.6.